The van der Waals surface area contributed by atoms with Gasteiger partial charge in [0.15, 0.2) is 0 Å². The molecule has 1 aliphatic carbocycles. The monoisotopic (exact) mass is 304 g/mol. The molecule has 0 aromatic heterocycles. The maximum atomic E-state index is 9.49. The maximum absolute atomic E-state index is 9.49. The molecule has 0 amide bonds. The van der Waals surface area contributed by atoms with E-state index in [-0.39, 0.29) is 0 Å². The highest BCUT2D eigenvalue weighted by molar-refractivity contribution is 6.17. The predicted molar refractivity (Wildman–Crippen MR) is 89.8 cm³/mol. The second kappa shape index (κ2) is 7.71. The minimum Gasteiger partial charge on any atom is -0.367 e. The topological polar surface area (TPSA) is 27.0 Å². The Kier molecular flexibility index (Phi) is 5.94. The summed E-state index contributed by atoms with van der Waals surface area (Å²) in [5, 5.41) is 9.49. The summed E-state index contributed by atoms with van der Waals surface area (Å²) in [5.74, 6) is 1.14. The number of nitrogens with zero attached hydrogens (tertiary/aromatic N) is 2. The van der Waals surface area contributed by atoms with E-state index in [1.807, 2.05) is 6.07 Å². The number of benzene rings is 1. The van der Waals surface area contributed by atoms with Crippen LogP contribution in [0.4, 0.5) is 5.69 Å². The quantitative estimate of drug-likeness (QED) is 0.684. The van der Waals surface area contributed by atoms with Crippen LogP contribution in [0.15, 0.2) is 18.2 Å². The largest absolute Gasteiger partial charge is 0.367 e. The van der Waals surface area contributed by atoms with Crippen LogP contribution in [0.5, 0.6) is 0 Å². The lowest BCUT2D eigenvalue weighted by atomic mass is 10.0. The van der Waals surface area contributed by atoms with Gasteiger partial charge in [-0.2, -0.15) is 5.26 Å². The molecule has 0 unspecified atom stereocenters. The third-order valence-electron chi connectivity index (χ3n) is 4.36. The van der Waals surface area contributed by atoms with Gasteiger partial charge >= 0.3 is 0 Å². The van der Waals surface area contributed by atoms with Crippen LogP contribution in [-0.2, 0) is 5.88 Å². The average molecular weight is 305 g/mol. The first-order valence-corrected chi connectivity index (χ1v) is 8.54. The number of nitriles is 1. The molecular weight excluding hydrogens is 280 g/mol. The van der Waals surface area contributed by atoms with E-state index < -0.39 is 0 Å². The number of rotatable bonds is 6. The third-order valence-corrected chi connectivity index (χ3v) is 4.67. The summed E-state index contributed by atoms with van der Waals surface area (Å²) in [5.41, 5.74) is 2.88. The first-order chi connectivity index (χ1) is 10.2. The first-order valence-electron chi connectivity index (χ1n) is 8.01. The summed E-state index contributed by atoms with van der Waals surface area (Å²) < 4.78 is 0. The fourth-order valence-electron chi connectivity index (χ4n) is 3.12. The molecule has 0 atom stereocenters. The SMILES string of the molecule is CC(C)CCN(c1ccc(CCl)cc1C#N)C1CCCC1. The predicted octanol–water partition coefficient (Wildman–Crippen LogP) is 5.09. The molecule has 3 heteroatoms. The lowest BCUT2D eigenvalue weighted by Gasteiger charge is -2.32. The fourth-order valence-corrected chi connectivity index (χ4v) is 3.29. The number of halogens is 1. The van der Waals surface area contributed by atoms with Gasteiger partial charge in [0, 0.05) is 18.5 Å². The smallest absolute Gasteiger partial charge is 0.101 e. The molecule has 1 aromatic rings. The van der Waals surface area contributed by atoms with Gasteiger partial charge in [-0.15, -0.1) is 11.6 Å². The third kappa shape index (κ3) is 4.14. The summed E-state index contributed by atoms with van der Waals surface area (Å²) >= 11 is 5.89. The molecule has 0 spiro atoms. The van der Waals surface area contributed by atoms with Crippen molar-refractivity contribution in [1.82, 2.24) is 0 Å². The van der Waals surface area contributed by atoms with Crippen molar-refractivity contribution in [1.29, 1.82) is 5.26 Å². The molecule has 0 radical (unpaired) electrons. The van der Waals surface area contributed by atoms with Gasteiger partial charge in [0.1, 0.15) is 6.07 Å². The normalized spacial score (nSPS) is 15.4. The van der Waals surface area contributed by atoms with Crippen LogP contribution < -0.4 is 4.90 Å². The van der Waals surface area contributed by atoms with Gasteiger partial charge in [0.25, 0.3) is 0 Å². The molecule has 0 N–H and O–H groups in total. The Morgan fingerprint density at radius 2 is 2.05 bits per heavy atom. The molecular formula is C18H25ClN2. The number of anilines is 1. The molecule has 21 heavy (non-hydrogen) atoms. The second-order valence-electron chi connectivity index (χ2n) is 6.41. The standard InChI is InChI=1S/C18H25ClN2/c1-14(2)9-10-21(17-5-3-4-6-17)18-8-7-15(12-19)11-16(18)13-20/h7-8,11,14,17H,3-6,9-10,12H2,1-2H3. The number of alkyl halides is 1. The fraction of sp³-hybridized carbons (Fsp3) is 0.611. The highest BCUT2D eigenvalue weighted by Gasteiger charge is 2.24. The van der Waals surface area contributed by atoms with E-state index in [0.29, 0.717) is 17.8 Å². The van der Waals surface area contributed by atoms with E-state index in [0.717, 1.165) is 23.4 Å². The van der Waals surface area contributed by atoms with E-state index in [9.17, 15) is 5.26 Å². The molecule has 1 fully saturated rings. The zero-order chi connectivity index (χ0) is 15.2. The van der Waals surface area contributed by atoms with Crippen molar-refractivity contribution in [2.24, 2.45) is 5.92 Å². The van der Waals surface area contributed by atoms with Crippen molar-refractivity contribution < 1.29 is 0 Å². The van der Waals surface area contributed by atoms with Gasteiger partial charge < -0.3 is 4.90 Å². The van der Waals surface area contributed by atoms with Crippen LogP contribution in [0.25, 0.3) is 0 Å². The Bertz CT molecular complexity index is 498. The summed E-state index contributed by atoms with van der Waals surface area (Å²) in [7, 11) is 0. The summed E-state index contributed by atoms with van der Waals surface area (Å²) in [6.45, 7) is 5.56. The maximum Gasteiger partial charge on any atom is 0.101 e. The van der Waals surface area contributed by atoms with Gasteiger partial charge in [-0.3, -0.25) is 0 Å². The molecule has 0 bridgehead atoms. The summed E-state index contributed by atoms with van der Waals surface area (Å²) in [6, 6.07) is 9.05. The van der Waals surface area contributed by atoms with E-state index in [1.54, 1.807) is 0 Å². The van der Waals surface area contributed by atoms with Gasteiger partial charge in [-0.25, -0.2) is 0 Å². The van der Waals surface area contributed by atoms with Gasteiger partial charge in [0.05, 0.1) is 11.3 Å². The van der Waals surface area contributed by atoms with Gasteiger partial charge in [-0.1, -0.05) is 32.8 Å². The van der Waals surface area contributed by atoms with Crippen LogP contribution in [0, 0.1) is 17.2 Å². The zero-order valence-electron chi connectivity index (χ0n) is 13.1. The minimum atomic E-state index is 0.463. The molecule has 0 saturated heterocycles. The average Bonchev–Trinajstić information content (AvgIpc) is 3.01. The van der Waals surface area contributed by atoms with Crippen molar-refractivity contribution in [3.05, 3.63) is 29.3 Å². The van der Waals surface area contributed by atoms with E-state index >= 15 is 0 Å². The lowest BCUT2D eigenvalue weighted by Crippen LogP contribution is -2.35. The Morgan fingerprint density at radius 1 is 1.33 bits per heavy atom. The molecule has 1 saturated carbocycles. The Morgan fingerprint density at radius 3 is 2.62 bits per heavy atom. The summed E-state index contributed by atoms with van der Waals surface area (Å²) in [6.07, 6.45) is 6.29. The molecule has 2 nitrogen and oxygen atoms in total. The Hall–Kier alpha value is -1.20. The highest BCUT2D eigenvalue weighted by Crippen LogP contribution is 2.31. The molecule has 114 valence electrons. The van der Waals surface area contributed by atoms with E-state index in [2.05, 4.69) is 36.9 Å². The Balaban J connectivity index is 2.28. The van der Waals surface area contributed by atoms with Crippen molar-refractivity contribution in [2.45, 2.75) is 57.9 Å². The molecule has 2 rings (SSSR count). The number of hydrogen-bond donors (Lipinski definition) is 0. The molecule has 1 aliphatic rings. The van der Waals surface area contributed by atoms with Gasteiger partial charge in [-0.05, 0) is 42.9 Å². The molecule has 0 aliphatic heterocycles. The van der Waals surface area contributed by atoms with Crippen LogP contribution in [0.1, 0.15) is 57.1 Å². The van der Waals surface area contributed by atoms with Crippen molar-refractivity contribution in [3.63, 3.8) is 0 Å². The van der Waals surface area contributed by atoms with Crippen molar-refractivity contribution in [2.75, 3.05) is 11.4 Å². The van der Waals surface area contributed by atoms with Crippen molar-refractivity contribution >= 4 is 17.3 Å². The molecule has 0 heterocycles. The van der Waals surface area contributed by atoms with Crippen LogP contribution in [-0.4, -0.2) is 12.6 Å². The van der Waals surface area contributed by atoms with E-state index in [1.165, 1.54) is 32.1 Å². The van der Waals surface area contributed by atoms with Crippen LogP contribution in [0.2, 0.25) is 0 Å². The first kappa shape index (κ1) is 16.2. The van der Waals surface area contributed by atoms with Crippen molar-refractivity contribution in [3.8, 4) is 6.07 Å². The van der Waals surface area contributed by atoms with Crippen LogP contribution >= 0.6 is 11.6 Å². The van der Waals surface area contributed by atoms with Gasteiger partial charge in [0.2, 0.25) is 0 Å². The second-order valence-corrected chi connectivity index (χ2v) is 6.68. The molecule has 1 aromatic carbocycles. The highest BCUT2D eigenvalue weighted by atomic mass is 35.5. The van der Waals surface area contributed by atoms with Crippen LogP contribution in [0.3, 0.4) is 0 Å². The lowest BCUT2D eigenvalue weighted by molar-refractivity contribution is 0.528. The van der Waals surface area contributed by atoms with E-state index in [4.69, 9.17) is 11.6 Å². The zero-order valence-corrected chi connectivity index (χ0v) is 13.9. The number of hydrogen-bond acceptors (Lipinski definition) is 2. The minimum absolute atomic E-state index is 0.463. The summed E-state index contributed by atoms with van der Waals surface area (Å²) in [4.78, 5) is 2.48. The Labute approximate surface area is 133 Å².